The Kier molecular flexibility index (Phi) is 4.58. The molecule has 3 nitrogen and oxygen atoms in total. The molecule has 0 radical (unpaired) electrons. The van der Waals surface area contributed by atoms with Gasteiger partial charge < -0.3 is 10.2 Å². The second-order valence-corrected chi connectivity index (χ2v) is 4.45. The molecule has 0 amide bonds. The van der Waals surface area contributed by atoms with Crippen molar-refractivity contribution in [2.45, 2.75) is 31.7 Å². The maximum absolute atomic E-state index is 11.7. The molecule has 16 heavy (non-hydrogen) atoms. The van der Waals surface area contributed by atoms with Crippen LogP contribution in [0, 0.1) is 0 Å². The smallest absolute Gasteiger partial charge is 0.314 e. The molecular weight excluding hydrogens is 221 g/mol. The van der Waals surface area contributed by atoms with Crippen LogP contribution >= 0.6 is 0 Å². The van der Waals surface area contributed by atoms with E-state index < -0.39 is 6.36 Å². The molecule has 0 aromatic carbocycles. The zero-order valence-electron chi connectivity index (χ0n) is 9.73. The molecule has 0 aromatic heterocycles. The first kappa shape index (κ1) is 13.7. The van der Waals surface area contributed by atoms with Gasteiger partial charge in [0.05, 0.1) is 6.61 Å². The number of alkyl halides is 3. The van der Waals surface area contributed by atoms with Crippen LogP contribution in [0.1, 0.15) is 19.8 Å². The van der Waals surface area contributed by atoms with Crippen LogP contribution in [0.15, 0.2) is 0 Å². The van der Waals surface area contributed by atoms with E-state index in [1.165, 1.54) is 0 Å². The molecule has 0 atom stereocenters. The number of piperidine rings is 1. The van der Waals surface area contributed by atoms with Crippen molar-refractivity contribution in [1.29, 1.82) is 0 Å². The third kappa shape index (κ3) is 4.67. The third-order valence-electron chi connectivity index (χ3n) is 3.24. The Balaban J connectivity index is 2.18. The third-order valence-corrected chi connectivity index (χ3v) is 3.24. The Morgan fingerprint density at radius 3 is 2.31 bits per heavy atom. The molecule has 1 aliphatic heterocycles. The summed E-state index contributed by atoms with van der Waals surface area (Å²) in [5, 5.41) is 3.24. The molecule has 6 heteroatoms. The molecule has 0 saturated carbocycles. The van der Waals surface area contributed by atoms with E-state index in [9.17, 15) is 13.2 Å². The van der Waals surface area contributed by atoms with Gasteiger partial charge in [-0.15, -0.1) is 13.2 Å². The van der Waals surface area contributed by atoms with Crippen LogP contribution in [0.3, 0.4) is 0 Å². The highest BCUT2D eigenvalue weighted by Gasteiger charge is 2.31. The SMILES string of the molecule is CNC1(C)CCN(CCOC(F)(F)F)CC1. The first-order valence-corrected chi connectivity index (χ1v) is 5.47. The standard InChI is InChI=1S/C10H19F3N2O/c1-9(14-2)3-5-15(6-4-9)7-8-16-10(11,12)13/h14H,3-8H2,1-2H3. The largest absolute Gasteiger partial charge is 0.522 e. The van der Waals surface area contributed by atoms with Gasteiger partial charge in [-0.2, -0.15) is 0 Å². The number of ether oxygens (including phenoxy) is 1. The molecule has 1 aliphatic rings. The normalized spacial score (nSPS) is 22.3. The van der Waals surface area contributed by atoms with Crippen LogP contribution in [-0.2, 0) is 4.74 Å². The topological polar surface area (TPSA) is 24.5 Å². The number of hydrogen-bond donors (Lipinski definition) is 1. The van der Waals surface area contributed by atoms with Crippen molar-refractivity contribution >= 4 is 0 Å². The van der Waals surface area contributed by atoms with Crippen LogP contribution in [-0.4, -0.2) is 50.1 Å². The van der Waals surface area contributed by atoms with Crippen LogP contribution in [0.5, 0.6) is 0 Å². The number of halogens is 3. The Labute approximate surface area is 93.9 Å². The molecule has 1 rings (SSSR count). The summed E-state index contributed by atoms with van der Waals surface area (Å²) in [6.45, 7) is 3.84. The van der Waals surface area contributed by atoms with Crippen LogP contribution in [0.25, 0.3) is 0 Å². The zero-order valence-corrected chi connectivity index (χ0v) is 9.73. The fraction of sp³-hybridized carbons (Fsp3) is 1.00. The molecule has 0 bridgehead atoms. The quantitative estimate of drug-likeness (QED) is 0.807. The minimum Gasteiger partial charge on any atom is -0.314 e. The van der Waals surface area contributed by atoms with Crippen molar-refractivity contribution in [3.63, 3.8) is 0 Å². The number of likely N-dealkylation sites (tertiary alicyclic amines) is 1. The van der Waals surface area contributed by atoms with Crippen LogP contribution in [0.4, 0.5) is 13.2 Å². The number of rotatable bonds is 4. The monoisotopic (exact) mass is 240 g/mol. The molecular formula is C10H19F3N2O. The predicted octanol–water partition coefficient (Wildman–Crippen LogP) is 1.60. The van der Waals surface area contributed by atoms with Gasteiger partial charge in [-0.3, -0.25) is 4.74 Å². The van der Waals surface area contributed by atoms with Gasteiger partial charge in [-0.05, 0) is 39.9 Å². The fourth-order valence-electron chi connectivity index (χ4n) is 1.81. The molecule has 96 valence electrons. The molecule has 1 N–H and O–H groups in total. The first-order valence-electron chi connectivity index (χ1n) is 5.47. The highest BCUT2D eigenvalue weighted by Crippen LogP contribution is 2.21. The van der Waals surface area contributed by atoms with Gasteiger partial charge in [-0.25, -0.2) is 0 Å². The molecule has 0 aliphatic carbocycles. The Morgan fingerprint density at radius 1 is 1.31 bits per heavy atom. The van der Waals surface area contributed by atoms with E-state index in [1.807, 2.05) is 11.9 Å². The molecule has 1 saturated heterocycles. The van der Waals surface area contributed by atoms with Crippen molar-refractivity contribution in [2.75, 3.05) is 33.3 Å². The summed E-state index contributed by atoms with van der Waals surface area (Å²) in [6, 6.07) is 0. The lowest BCUT2D eigenvalue weighted by molar-refractivity contribution is -0.325. The lowest BCUT2D eigenvalue weighted by atomic mass is 9.90. The number of nitrogens with one attached hydrogen (secondary N) is 1. The maximum Gasteiger partial charge on any atom is 0.522 e. The van der Waals surface area contributed by atoms with Crippen molar-refractivity contribution in [2.24, 2.45) is 0 Å². The summed E-state index contributed by atoms with van der Waals surface area (Å²) >= 11 is 0. The lowest BCUT2D eigenvalue weighted by Gasteiger charge is -2.39. The van der Waals surface area contributed by atoms with E-state index in [0.717, 1.165) is 25.9 Å². The number of hydrogen-bond acceptors (Lipinski definition) is 3. The fourth-order valence-corrected chi connectivity index (χ4v) is 1.81. The molecule has 1 heterocycles. The first-order chi connectivity index (χ1) is 7.35. The van der Waals surface area contributed by atoms with Crippen LogP contribution in [0.2, 0.25) is 0 Å². The van der Waals surface area contributed by atoms with Gasteiger partial charge in [0, 0.05) is 12.1 Å². The average Bonchev–Trinajstić information content (AvgIpc) is 2.20. The maximum atomic E-state index is 11.7. The second-order valence-electron chi connectivity index (χ2n) is 4.45. The summed E-state index contributed by atoms with van der Waals surface area (Å²) in [5.41, 5.74) is 0.126. The Bertz CT molecular complexity index is 213. The molecule has 0 unspecified atom stereocenters. The Hall–Kier alpha value is -0.330. The summed E-state index contributed by atoms with van der Waals surface area (Å²) in [4.78, 5) is 2.00. The van der Waals surface area contributed by atoms with E-state index in [-0.39, 0.29) is 12.1 Å². The zero-order chi connectivity index (χ0) is 12.2. The van der Waals surface area contributed by atoms with Crippen molar-refractivity contribution in [1.82, 2.24) is 10.2 Å². The van der Waals surface area contributed by atoms with E-state index in [0.29, 0.717) is 6.54 Å². The molecule has 0 spiro atoms. The highest BCUT2D eigenvalue weighted by molar-refractivity contribution is 4.87. The van der Waals surface area contributed by atoms with E-state index >= 15 is 0 Å². The van der Waals surface area contributed by atoms with E-state index in [2.05, 4.69) is 17.0 Å². The van der Waals surface area contributed by atoms with E-state index in [1.54, 1.807) is 0 Å². The van der Waals surface area contributed by atoms with Crippen molar-refractivity contribution in [3.8, 4) is 0 Å². The molecule has 1 fully saturated rings. The average molecular weight is 240 g/mol. The van der Waals surface area contributed by atoms with Crippen molar-refractivity contribution in [3.05, 3.63) is 0 Å². The minimum absolute atomic E-state index is 0.126. The van der Waals surface area contributed by atoms with Gasteiger partial charge in [0.2, 0.25) is 0 Å². The van der Waals surface area contributed by atoms with Gasteiger partial charge in [-0.1, -0.05) is 0 Å². The Morgan fingerprint density at radius 2 is 1.88 bits per heavy atom. The van der Waals surface area contributed by atoms with Gasteiger partial charge in [0.1, 0.15) is 0 Å². The van der Waals surface area contributed by atoms with Crippen LogP contribution < -0.4 is 5.32 Å². The van der Waals surface area contributed by atoms with Gasteiger partial charge in [0.15, 0.2) is 0 Å². The second kappa shape index (κ2) is 5.33. The summed E-state index contributed by atoms with van der Waals surface area (Å²) in [5.74, 6) is 0. The summed E-state index contributed by atoms with van der Waals surface area (Å²) < 4.78 is 39.0. The summed E-state index contributed by atoms with van der Waals surface area (Å²) in [7, 11) is 1.92. The lowest BCUT2D eigenvalue weighted by Crippen LogP contribution is -2.50. The van der Waals surface area contributed by atoms with E-state index in [4.69, 9.17) is 0 Å². The highest BCUT2D eigenvalue weighted by atomic mass is 19.4. The van der Waals surface area contributed by atoms with Crippen molar-refractivity contribution < 1.29 is 17.9 Å². The number of nitrogens with zero attached hydrogens (tertiary/aromatic N) is 1. The summed E-state index contributed by atoms with van der Waals surface area (Å²) in [6.07, 6.45) is -2.60. The van der Waals surface area contributed by atoms with Gasteiger partial charge in [0.25, 0.3) is 0 Å². The minimum atomic E-state index is -4.50. The predicted molar refractivity (Wildman–Crippen MR) is 55.1 cm³/mol. The molecule has 0 aromatic rings. The van der Waals surface area contributed by atoms with Gasteiger partial charge >= 0.3 is 6.36 Å².